The molecule has 1 saturated carbocycles. The maximum absolute atomic E-state index is 12.8. The Kier molecular flexibility index (Phi) is 4.06. The molecular formula is C19H27NO3S. The smallest absolute Gasteiger partial charge is 0.341 e. The van der Waals surface area contributed by atoms with Gasteiger partial charge in [-0.05, 0) is 41.6 Å². The summed E-state index contributed by atoms with van der Waals surface area (Å²) in [6.07, 6.45) is 2.93. The van der Waals surface area contributed by atoms with E-state index in [0.717, 1.165) is 24.8 Å². The monoisotopic (exact) mass is 349 g/mol. The highest BCUT2D eigenvalue weighted by atomic mass is 32.1. The second-order valence-electron chi connectivity index (χ2n) is 8.41. The first-order valence-electron chi connectivity index (χ1n) is 8.65. The van der Waals surface area contributed by atoms with Crippen LogP contribution in [0.3, 0.4) is 0 Å². The highest BCUT2D eigenvalue weighted by Crippen LogP contribution is 2.68. The van der Waals surface area contributed by atoms with Crippen LogP contribution in [0.2, 0.25) is 0 Å². The molecule has 3 rings (SSSR count). The van der Waals surface area contributed by atoms with Gasteiger partial charge in [0.1, 0.15) is 5.00 Å². The van der Waals surface area contributed by atoms with Crippen LogP contribution in [0, 0.1) is 22.7 Å². The number of ether oxygens (including phenoxy) is 1. The molecule has 1 amide bonds. The van der Waals surface area contributed by atoms with Crippen molar-refractivity contribution in [3.05, 3.63) is 16.0 Å². The Bertz CT molecular complexity index is 688. The molecule has 1 aromatic rings. The lowest BCUT2D eigenvalue weighted by Gasteiger charge is -2.18. The van der Waals surface area contributed by atoms with Gasteiger partial charge in [0.2, 0.25) is 5.91 Å². The first-order chi connectivity index (χ1) is 11.1. The molecule has 1 aromatic heterocycles. The van der Waals surface area contributed by atoms with E-state index < -0.39 is 0 Å². The van der Waals surface area contributed by atoms with E-state index in [1.165, 1.54) is 12.0 Å². The number of rotatable bonds is 3. The molecule has 0 bridgehead atoms. The van der Waals surface area contributed by atoms with Crippen LogP contribution in [-0.2, 0) is 22.4 Å². The van der Waals surface area contributed by atoms with Crippen molar-refractivity contribution in [1.82, 2.24) is 0 Å². The Morgan fingerprint density at radius 1 is 1.21 bits per heavy atom. The minimum atomic E-state index is -0.341. The Morgan fingerprint density at radius 3 is 2.38 bits per heavy atom. The van der Waals surface area contributed by atoms with Crippen LogP contribution < -0.4 is 5.32 Å². The van der Waals surface area contributed by atoms with E-state index >= 15 is 0 Å². The Hall–Kier alpha value is -1.36. The molecule has 2 aliphatic carbocycles. The van der Waals surface area contributed by atoms with Crippen molar-refractivity contribution in [2.75, 3.05) is 12.4 Å². The number of methoxy groups -OCH3 is 1. The number of carbonyl (C=O) groups excluding carboxylic acids is 2. The molecule has 4 nitrogen and oxygen atoms in total. The summed E-state index contributed by atoms with van der Waals surface area (Å²) >= 11 is 1.55. The van der Waals surface area contributed by atoms with Gasteiger partial charge in [-0.15, -0.1) is 11.3 Å². The zero-order valence-electron chi connectivity index (χ0n) is 15.4. The van der Waals surface area contributed by atoms with E-state index in [2.05, 4.69) is 39.9 Å². The molecule has 1 fully saturated rings. The molecule has 2 aliphatic rings. The lowest BCUT2D eigenvalue weighted by atomic mass is 9.88. The Morgan fingerprint density at radius 2 is 1.83 bits per heavy atom. The number of anilines is 1. The third-order valence-corrected chi connectivity index (χ3v) is 7.59. The van der Waals surface area contributed by atoms with Crippen molar-refractivity contribution in [3.8, 4) is 0 Å². The van der Waals surface area contributed by atoms with E-state index in [0.29, 0.717) is 16.5 Å². The van der Waals surface area contributed by atoms with Gasteiger partial charge in [0, 0.05) is 10.8 Å². The molecule has 0 aliphatic heterocycles. The fourth-order valence-corrected chi connectivity index (χ4v) is 5.59. The van der Waals surface area contributed by atoms with Crippen molar-refractivity contribution >= 4 is 28.2 Å². The van der Waals surface area contributed by atoms with Gasteiger partial charge in [0.15, 0.2) is 0 Å². The lowest BCUT2D eigenvalue weighted by Crippen LogP contribution is -2.19. The fourth-order valence-electron chi connectivity index (χ4n) is 4.19. The first-order valence-corrected chi connectivity index (χ1v) is 9.46. The van der Waals surface area contributed by atoms with Crippen LogP contribution in [0.15, 0.2) is 0 Å². The first kappa shape index (κ1) is 17.5. The number of carbonyl (C=O) groups is 2. The zero-order valence-corrected chi connectivity index (χ0v) is 16.2. The van der Waals surface area contributed by atoms with Gasteiger partial charge in [-0.1, -0.05) is 34.6 Å². The number of amides is 1. The normalized spacial score (nSPS) is 24.2. The number of nitrogens with one attached hydrogen (secondary N) is 1. The molecule has 1 atom stereocenters. The van der Waals surface area contributed by atoms with Crippen molar-refractivity contribution in [2.24, 2.45) is 22.7 Å². The van der Waals surface area contributed by atoms with Gasteiger partial charge in [-0.25, -0.2) is 4.79 Å². The quantitative estimate of drug-likeness (QED) is 0.829. The predicted molar refractivity (Wildman–Crippen MR) is 96.5 cm³/mol. The standard InChI is InChI=1S/C19H27NO3S/c1-10-7-8-11-12(9-10)24-16(13(11)17(22)23-6)20-15(21)14-18(2,3)19(14,4)5/h10,14H,7-9H2,1-6H3,(H,20,21). The Balaban J connectivity index is 1.91. The number of fused-ring (bicyclic) bond motifs is 1. The summed E-state index contributed by atoms with van der Waals surface area (Å²) < 4.78 is 4.98. The summed E-state index contributed by atoms with van der Waals surface area (Å²) in [6, 6.07) is 0. The minimum Gasteiger partial charge on any atom is -0.465 e. The third kappa shape index (κ3) is 2.48. The summed E-state index contributed by atoms with van der Waals surface area (Å²) in [5.74, 6) is 0.258. The maximum atomic E-state index is 12.8. The van der Waals surface area contributed by atoms with Gasteiger partial charge in [0.05, 0.1) is 12.7 Å². The molecular weight excluding hydrogens is 322 g/mol. The Labute approximate surface area is 148 Å². The SMILES string of the molecule is COC(=O)c1c(NC(=O)C2C(C)(C)C2(C)C)sc2c1CCC(C)C2. The topological polar surface area (TPSA) is 55.4 Å². The van der Waals surface area contributed by atoms with Gasteiger partial charge in [0.25, 0.3) is 0 Å². The number of thiophene rings is 1. The van der Waals surface area contributed by atoms with E-state index in [1.54, 1.807) is 11.3 Å². The van der Waals surface area contributed by atoms with Crippen LogP contribution in [0.5, 0.6) is 0 Å². The summed E-state index contributed by atoms with van der Waals surface area (Å²) in [7, 11) is 1.40. The molecule has 24 heavy (non-hydrogen) atoms. The van der Waals surface area contributed by atoms with Crippen LogP contribution in [0.4, 0.5) is 5.00 Å². The van der Waals surface area contributed by atoms with E-state index in [4.69, 9.17) is 4.74 Å². The molecule has 1 heterocycles. The largest absolute Gasteiger partial charge is 0.465 e. The van der Waals surface area contributed by atoms with Gasteiger partial charge >= 0.3 is 5.97 Å². The van der Waals surface area contributed by atoms with Crippen molar-refractivity contribution < 1.29 is 14.3 Å². The van der Waals surface area contributed by atoms with E-state index in [1.807, 2.05) is 0 Å². The number of hydrogen-bond acceptors (Lipinski definition) is 4. The lowest BCUT2D eigenvalue weighted by molar-refractivity contribution is -0.118. The molecule has 0 radical (unpaired) electrons. The zero-order chi connectivity index (χ0) is 17.9. The molecule has 132 valence electrons. The van der Waals surface area contributed by atoms with Gasteiger partial charge in [-0.2, -0.15) is 0 Å². The summed E-state index contributed by atoms with van der Waals surface area (Å²) in [6.45, 7) is 10.7. The number of esters is 1. The molecule has 0 aromatic carbocycles. The minimum absolute atomic E-state index is 0.0156. The summed E-state index contributed by atoms with van der Waals surface area (Å²) in [4.78, 5) is 26.3. The van der Waals surface area contributed by atoms with Crippen LogP contribution in [0.1, 0.15) is 61.8 Å². The highest BCUT2D eigenvalue weighted by molar-refractivity contribution is 7.17. The number of hydrogen-bond donors (Lipinski definition) is 1. The average Bonchev–Trinajstić information content (AvgIpc) is 2.76. The average molecular weight is 349 g/mol. The highest BCUT2D eigenvalue weighted by Gasteiger charge is 2.68. The van der Waals surface area contributed by atoms with Crippen molar-refractivity contribution in [3.63, 3.8) is 0 Å². The van der Waals surface area contributed by atoms with Gasteiger partial charge < -0.3 is 10.1 Å². The molecule has 1 N–H and O–H groups in total. The third-order valence-electron chi connectivity index (χ3n) is 6.42. The second kappa shape index (κ2) is 5.58. The van der Waals surface area contributed by atoms with Crippen LogP contribution in [0.25, 0.3) is 0 Å². The molecule has 0 spiro atoms. The molecule has 1 unspecified atom stereocenters. The van der Waals surface area contributed by atoms with Gasteiger partial charge in [-0.3, -0.25) is 4.79 Å². The molecule has 0 saturated heterocycles. The van der Waals surface area contributed by atoms with Crippen LogP contribution in [-0.4, -0.2) is 19.0 Å². The van der Waals surface area contributed by atoms with Crippen molar-refractivity contribution in [2.45, 2.75) is 53.9 Å². The van der Waals surface area contributed by atoms with Crippen molar-refractivity contribution in [1.29, 1.82) is 0 Å². The van der Waals surface area contributed by atoms with Crippen LogP contribution >= 0.6 is 11.3 Å². The van der Waals surface area contributed by atoms with E-state index in [9.17, 15) is 9.59 Å². The predicted octanol–water partition coefficient (Wildman–Crippen LogP) is 4.28. The fraction of sp³-hybridized carbons (Fsp3) is 0.684. The molecule has 5 heteroatoms. The maximum Gasteiger partial charge on any atom is 0.341 e. The second-order valence-corrected chi connectivity index (χ2v) is 9.52. The summed E-state index contributed by atoms with van der Waals surface area (Å²) in [5, 5.41) is 3.72. The summed E-state index contributed by atoms with van der Waals surface area (Å²) in [5.41, 5.74) is 1.62. The van der Waals surface area contributed by atoms with E-state index in [-0.39, 0.29) is 28.6 Å².